The van der Waals surface area contributed by atoms with E-state index in [9.17, 15) is 17.6 Å². The molecule has 8 heteroatoms. The maximum Gasteiger partial charge on any atom is 0.239 e. The molecule has 0 fully saturated rings. The third-order valence-corrected chi connectivity index (χ3v) is 3.95. The minimum absolute atomic E-state index is 0.0327. The predicted molar refractivity (Wildman–Crippen MR) is 85.6 cm³/mol. The van der Waals surface area contributed by atoms with Crippen molar-refractivity contribution >= 4 is 23.1 Å². The Balaban J connectivity index is 2.76. The first-order chi connectivity index (χ1) is 10.8. The van der Waals surface area contributed by atoms with Gasteiger partial charge in [-0.3, -0.25) is 4.79 Å². The van der Waals surface area contributed by atoms with Crippen molar-refractivity contribution in [2.45, 2.75) is 19.8 Å². The van der Waals surface area contributed by atoms with Crippen molar-refractivity contribution in [3.63, 3.8) is 0 Å². The molecule has 0 radical (unpaired) electrons. The highest BCUT2D eigenvalue weighted by Crippen LogP contribution is 2.28. The van der Waals surface area contributed by atoms with E-state index in [1.54, 1.807) is 0 Å². The Labute approximate surface area is 135 Å². The fourth-order valence-electron chi connectivity index (χ4n) is 2.08. The number of carbonyl (C=O) groups is 1. The first kappa shape index (κ1) is 17.0. The Hall–Kier alpha value is -2.35. The number of hydrogen-bond acceptors (Lipinski definition) is 5. The summed E-state index contributed by atoms with van der Waals surface area (Å²) in [4.78, 5) is 19.9. The van der Waals surface area contributed by atoms with Crippen molar-refractivity contribution in [3.8, 4) is 11.3 Å². The summed E-state index contributed by atoms with van der Waals surface area (Å²) < 4.78 is 36.4. The summed E-state index contributed by atoms with van der Waals surface area (Å²) in [6.45, 7) is 3.68. The van der Waals surface area contributed by atoms with Gasteiger partial charge in [0, 0.05) is 12.6 Å². The Morgan fingerprint density at radius 3 is 2.26 bits per heavy atom. The smallest absolute Gasteiger partial charge is 0.239 e. The summed E-state index contributed by atoms with van der Waals surface area (Å²) >= 11 is 0. The molecule has 0 bridgehead atoms. The van der Waals surface area contributed by atoms with E-state index < -0.39 is 16.7 Å². The zero-order chi connectivity index (χ0) is 17.1. The van der Waals surface area contributed by atoms with Crippen LogP contribution in [0, 0.1) is 5.82 Å². The number of thiol groups is 1. The third kappa shape index (κ3) is 3.53. The van der Waals surface area contributed by atoms with E-state index in [-0.39, 0.29) is 23.1 Å². The van der Waals surface area contributed by atoms with E-state index in [4.69, 9.17) is 0 Å². The van der Waals surface area contributed by atoms with Crippen LogP contribution < -0.4 is 4.31 Å². The standard InChI is InChI=1S/C15H16FN3O3S/c1-9(2)13-12(8-20)14(10-4-6-11(16)7-5-10)18-15(17-13)19(3)23(21)22/h4-9,23H,1-3H3. The van der Waals surface area contributed by atoms with Gasteiger partial charge >= 0.3 is 0 Å². The van der Waals surface area contributed by atoms with Gasteiger partial charge < -0.3 is 0 Å². The lowest BCUT2D eigenvalue weighted by molar-refractivity contribution is 0.112. The molecule has 2 aromatic rings. The molecule has 23 heavy (non-hydrogen) atoms. The largest absolute Gasteiger partial charge is 0.298 e. The van der Waals surface area contributed by atoms with Gasteiger partial charge in [0.2, 0.25) is 16.8 Å². The van der Waals surface area contributed by atoms with Crippen LogP contribution in [-0.2, 0) is 10.9 Å². The van der Waals surface area contributed by atoms with Crippen LogP contribution in [0.15, 0.2) is 24.3 Å². The zero-order valence-corrected chi connectivity index (χ0v) is 13.8. The molecule has 0 aliphatic carbocycles. The first-order valence-corrected chi connectivity index (χ1v) is 7.99. The van der Waals surface area contributed by atoms with Crippen molar-refractivity contribution < 1.29 is 17.6 Å². The quantitative estimate of drug-likeness (QED) is 0.668. The van der Waals surface area contributed by atoms with Gasteiger partial charge in [-0.1, -0.05) is 13.8 Å². The first-order valence-electron chi connectivity index (χ1n) is 6.86. The number of carbonyl (C=O) groups excluding carboxylic acids is 1. The Bertz CT molecular complexity index is 796. The molecular formula is C15H16FN3O3S. The Kier molecular flexibility index (Phi) is 5.05. The summed E-state index contributed by atoms with van der Waals surface area (Å²) in [5.74, 6) is -0.566. The molecule has 0 N–H and O–H groups in total. The number of halogens is 1. The normalized spacial score (nSPS) is 11.0. The molecule has 0 saturated heterocycles. The van der Waals surface area contributed by atoms with Gasteiger partial charge in [-0.25, -0.2) is 27.1 Å². The molecule has 6 nitrogen and oxygen atoms in total. The molecule has 122 valence electrons. The maximum absolute atomic E-state index is 13.1. The van der Waals surface area contributed by atoms with Crippen LogP contribution in [0.2, 0.25) is 0 Å². The molecule has 1 aromatic carbocycles. The second-order valence-electron chi connectivity index (χ2n) is 5.21. The second kappa shape index (κ2) is 6.82. The lowest BCUT2D eigenvalue weighted by Crippen LogP contribution is -2.19. The highest BCUT2D eigenvalue weighted by Gasteiger charge is 2.20. The van der Waals surface area contributed by atoms with E-state index in [0.29, 0.717) is 17.5 Å². The highest BCUT2D eigenvalue weighted by atomic mass is 32.2. The molecule has 0 saturated carbocycles. The number of aromatic nitrogens is 2. The van der Waals surface area contributed by atoms with Crippen LogP contribution >= 0.6 is 0 Å². The number of rotatable bonds is 5. The molecule has 1 heterocycles. The van der Waals surface area contributed by atoms with E-state index >= 15 is 0 Å². The lowest BCUT2D eigenvalue weighted by atomic mass is 9.99. The van der Waals surface area contributed by atoms with Gasteiger partial charge in [0.15, 0.2) is 6.29 Å². The maximum atomic E-state index is 13.1. The molecule has 0 unspecified atom stereocenters. The van der Waals surface area contributed by atoms with Gasteiger partial charge in [0.25, 0.3) is 0 Å². The Morgan fingerprint density at radius 2 is 1.78 bits per heavy atom. The van der Waals surface area contributed by atoms with Crippen LogP contribution in [0.1, 0.15) is 35.8 Å². The molecule has 0 spiro atoms. The second-order valence-corrected chi connectivity index (χ2v) is 6.29. The molecule has 0 atom stereocenters. The fourth-order valence-corrected chi connectivity index (χ4v) is 2.31. The van der Waals surface area contributed by atoms with Crippen LogP contribution in [0.5, 0.6) is 0 Å². The van der Waals surface area contributed by atoms with Crippen molar-refractivity contribution in [2.75, 3.05) is 11.4 Å². The fraction of sp³-hybridized carbons (Fsp3) is 0.267. The SMILES string of the molecule is CC(C)c1nc(N(C)[SH](=O)=O)nc(-c2ccc(F)cc2)c1C=O. The minimum Gasteiger partial charge on any atom is -0.298 e. The molecule has 0 amide bonds. The van der Waals surface area contributed by atoms with Gasteiger partial charge in [0.1, 0.15) is 5.82 Å². The number of benzene rings is 1. The molecule has 1 aromatic heterocycles. The number of aldehydes is 1. The third-order valence-electron chi connectivity index (χ3n) is 3.28. The molecular weight excluding hydrogens is 321 g/mol. The van der Waals surface area contributed by atoms with Gasteiger partial charge in [-0.05, 0) is 30.2 Å². The van der Waals surface area contributed by atoms with Crippen LogP contribution in [-0.4, -0.2) is 31.7 Å². The average molecular weight is 337 g/mol. The van der Waals surface area contributed by atoms with Crippen molar-refractivity contribution in [1.29, 1.82) is 0 Å². The summed E-state index contributed by atoms with van der Waals surface area (Å²) in [6.07, 6.45) is 0.634. The van der Waals surface area contributed by atoms with Gasteiger partial charge in [0.05, 0.1) is 17.0 Å². The Morgan fingerprint density at radius 1 is 1.17 bits per heavy atom. The summed E-state index contributed by atoms with van der Waals surface area (Å²) in [5, 5.41) is 0. The topological polar surface area (TPSA) is 80.2 Å². The van der Waals surface area contributed by atoms with E-state index in [0.717, 1.165) is 4.31 Å². The van der Waals surface area contributed by atoms with Crippen molar-refractivity contribution in [1.82, 2.24) is 9.97 Å². The minimum atomic E-state index is -2.91. The molecule has 2 rings (SSSR count). The van der Waals surface area contributed by atoms with Crippen LogP contribution in [0.25, 0.3) is 11.3 Å². The van der Waals surface area contributed by atoms with Gasteiger partial charge in [-0.15, -0.1) is 0 Å². The monoisotopic (exact) mass is 337 g/mol. The number of anilines is 1. The molecule has 0 aliphatic heterocycles. The number of nitrogens with zero attached hydrogens (tertiary/aromatic N) is 3. The highest BCUT2D eigenvalue weighted by molar-refractivity contribution is 7.74. The predicted octanol–water partition coefficient (Wildman–Crippen LogP) is 2.18. The summed E-state index contributed by atoms with van der Waals surface area (Å²) in [7, 11) is -1.59. The van der Waals surface area contributed by atoms with Crippen molar-refractivity contribution in [3.05, 3.63) is 41.3 Å². The zero-order valence-electron chi connectivity index (χ0n) is 12.9. The summed E-state index contributed by atoms with van der Waals surface area (Å²) in [5.41, 5.74) is 1.49. The lowest BCUT2D eigenvalue weighted by Gasteiger charge is -2.17. The van der Waals surface area contributed by atoms with Crippen LogP contribution in [0.4, 0.5) is 10.3 Å². The van der Waals surface area contributed by atoms with E-state index in [1.165, 1.54) is 31.3 Å². The summed E-state index contributed by atoms with van der Waals surface area (Å²) in [6, 6.07) is 5.46. The van der Waals surface area contributed by atoms with Gasteiger partial charge in [-0.2, -0.15) is 0 Å². The van der Waals surface area contributed by atoms with Crippen molar-refractivity contribution in [2.24, 2.45) is 0 Å². The number of hydrogen-bond donors (Lipinski definition) is 1. The van der Waals surface area contributed by atoms with Crippen LogP contribution in [0.3, 0.4) is 0 Å². The average Bonchev–Trinajstić information content (AvgIpc) is 2.53. The van der Waals surface area contributed by atoms with E-state index in [2.05, 4.69) is 9.97 Å². The van der Waals surface area contributed by atoms with E-state index in [1.807, 2.05) is 13.8 Å². The molecule has 0 aliphatic rings.